The van der Waals surface area contributed by atoms with Gasteiger partial charge in [0.2, 0.25) is 0 Å². The van der Waals surface area contributed by atoms with E-state index < -0.39 is 12.0 Å². The van der Waals surface area contributed by atoms with Crippen molar-refractivity contribution in [1.29, 1.82) is 0 Å². The summed E-state index contributed by atoms with van der Waals surface area (Å²) >= 11 is 5.99. The zero-order chi connectivity index (χ0) is 18.5. The smallest absolute Gasteiger partial charge is 0.339 e. The number of aliphatic imine (C=N–C) groups is 1. The van der Waals surface area contributed by atoms with Crippen molar-refractivity contribution >= 4 is 23.4 Å². The Labute approximate surface area is 156 Å². The van der Waals surface area contributed by atoms with Gasteiger partial charge in [0, 0.05) is 16.9 Å². The van der Waals surface area contributed by atoms with Crippen LogP contribution in [0.25, 0.3) is 0 Å². The van der Waals surface area contributed by atoms with Crippen molar-refractivity contribution in [3.8, 4) is 12.3 Å². The summed E-state index contributed by atoms with van der Waals surface area (Å²) in [7, 11) is 0. The Balaban J connectivity index is 2.04. The number of carbonyl (C=O) groups is 1. The number of esters is 1. The molecular weight excluding hydrogens is 350 g/mol. The molecule has 2 heterocycles. The number of hydrogen-bond donors (Lipinski definition) is 1. The summed E-state index contributed by atoms with van der Waals surface area (Å²) in [5.41, 5.74) is 2.54. The fourth-order valence-electron chi connectivity index (χ4n) is 2.64. The predicted molar refractivity (Wildman–Crippen MR) is 101 cm³/mol. The van der Waals surface area contributed by atoms with Crippen molar-refractivity contribution in [2.75, 3.05) is 6.61 Å². The molecule has 1 aliphatic heterocycles. The van der Waals surface area contributed by atoms with E-state index in [1.54, 1.807) is 25.3 Å². The minimum absolute atomic E-state index is 0.0975. The minimum Gasteiger partial charge on any atom is -0.449 e. The van der Waals surface area contributed by atoms with E-state index in [1.807, 2.05) is 30.3 Å². The maximum Gasteiger partial charge on any atom is 0.339 e. The highest BCUT2D eigenvalue weighted by Crippen LogP contribution is 2.32. The predicted octanol–water partition coefficient (Wildman–Crippen LogP) is 3.28. The van der Waals surface area contributed by atoms with Gasteiger partial charge in [0.05, 0.1) is 5.57 Å². The molecule has 5 nitrogen and oxygen atoms in total. The Morgan fingerprint density at radius 2 is 2.08 bits per heavy atom. The average Bonchev–Trinajstić information content (AvgIpc) is 2.66. The van der Waals surface area contributed by atoms with Crippen molar-refractivity contribution in [1.82, 2.24) is 10.3 Å². The molecule has 0 fully saturated rings. The van der Waals surface area contributed by atoms with Gasteiger partial charge in [-0.1, -0.05) is 35.7 Å². The average molecular weight is 366 g/mol. The van der Waals surface area contributed by atoms with Gasteiger partial charge in [-0.25, -0.2) is 4.79 Å². The molecule has 1 unspecified atom stereocenters. The van der Waals surface area contributed by atoms with Crippen LogP contribution < -0.4 is 5.32 Å². The van der Waals surface area contributed by atoms with Crippen LogP contribution in [0.2, 0.25) is 5.02 Å². The number of hydrogen-bond acceptors (Lipinski definition) is 5. The van der Waals surface area contributed by atoms with Crippen LogP contribution in [0.5, 0.6) is 0 Å². The van der Waals surface area contributed by atoms with Crippen LogP contribution >= 0.6 is 11.6 Å². The van der Waals surface area contributed by atoms with E-state index in [-0.39, 0.29) is 6.61 Å². The third-order valence-corrected chi connectivity index (χ3v) is 4.09. The van der Waals surface area contributed by atoms with Gasteiger partial charge in [0.15, 0.2) is 12.4 Å². The lowest BCUT2D eigenvalue weighted by Crippen LogP contribution is -2.33. The molecule has 0 saturated heterocycles. The molecule has 3 rings (SSSR count). The van der Waals surface area contributed by atoms with E-state index in [2.05, 4.69) is 16.2 Å². The second-order valence-corrected chi connectivity index (χ2v) is 6.03. The standard InChI is InChI=1S/C20H16ClN3O2/c1-3-12-26-20(25)17-13(2)23-19(16-6-4-5-11-22-16)24-18(17)14-7-9-15(21)10-8-14/h1,4-11,18H,12H2,2H3,(H,23,24). The van der Waals surface area contributed by atoms with Crippen LogP contribution in [0.3, 0.4) is 0 Å². The summed E-state index contributed by atoms with van der Waals surface area (Å²) in [6.45, 7) is 1.70. The Morgan fingerprint density at radius 1 is 1.31 bits per heavy atom. The van der Waals surface area contributed by atoms with E-state index in [1.165, 1.54) is 0 Å². The van der Waals surface area contributed by atoms with Gasteiger partial charge in [0.1, 0.15) is 11.7 Å². The number of terminal acetylenes is 1. The highest BCUT2D eigenvalue weighted by molar-refractivity contribution is 6.30. The van der Waals surface area contributed by atoms with Crippen LogP contribution in [0, 0.1) is 12.3 Å². The van der Waals surface area contributed by atoms with Crippen LogP contribution in [0.15, 0.2) is 64.9 Å². The second kappa shape index (κ2) is 7.85. The summed E-state index contributed by atoms with van der Waals surface area (Å²) in [4.78, 5) is 21.6. The van der Waals surface area contributed by atoms with E-state index in [0.29, 0.717) is 27.8 Å². The number of ether oxygens (including phenoxy) is 1. The number of aromatic nitrogens is 1. The summed E-state index contributed by atoms with van der Waals surface area (Å²) in [6, 6.07) is 12.2. The molecule has 6 heteroatoms. The number of amidine groups is 1. The van der Waals surface area contributed by atoms with Gasteiger partial charge in [-0.3, -0.25) is 9.98 Å². The molecule has 26 heavy (non-hydrogen) atoms. The Kier molecular flexibility index (Phi) is 5.35. The number of halogens is 1. The second-order valence-electron chi connectivity index (χ2n) is 5.59. The highest BCUT2D eigenvalue weighted by atomic mass is 35.5. The first kappa shape index (κ1) is 17.7. The number of pyridine rings is 1. The topological polar surface area (TPSA) is 63.6 Å². The monoisotopic (exact) mass is 365 g/mol. The van der Waals surface area contributed by atoms with E-state index in [9.17, 15) is 4.79 Å². The lowest BCUT2D eigenvalue weighted by atomic mass is 9.96. The van der Waals surface area contributed by atoms with Crippen LogP contribution in [-0.4, -0.2) is 23.4 Å². The number of benzene rings is 1. The highest BCUT2D eigenvalue weighted by Gasteiger charge is 2.30. The Morgan fingerprint density at radius 3 is 2.73 bits per heavy atom. The fraction of sp³-hybridized carbons (Fsp3) is 0.150. The first-order valence-electron chi connectivity index (χ1n) is 7.93. The molecular formula is C20H16ClN3O2. The minimum atomic E-state index is -0.546. The van der Waals surface area contributed by atoms with Gasteiger partial charge in [-0.2, -0.15) is 0 Å². The molecule has 0 aliphatic carbocycles. The third kappa shape index (κ3) is 3.76. The number of nitrogens with zero attached hydrogens (tertiary/aromatic N) is 2. The van der Waals surface area contributed by atoms with E-state index in [4.69, 9.17) is 27.8 Å². The zero-order valence-electron chi connectivity index (χ0n) is 14.1. The first-order chi connectivity index (χ1) is 12.6. The van der Waals surface area contributed by atoms with Crippen LogP contribution in [-0.2, 0) is 9.53 Å². The number of nitrogens with one attached hydrogen (secondary N) is 1. The van der Waals surface area contributed by atoms with Gasteiger partial charge in [-0.05, 0) is 36.8 Å². The maximum atomic E-state index is 12.5. The van der Waals surface area contributed by atoms with Crippen molar-refractivity contribution in [3.63, 3.8) is 0 Å². The van der Waals surface area contributed by atoms with E-state index in [0.717, 1.165) is 5.56 Å². The lowest BCUT2D eigenvalue weighted by molar-refractivity contribution is -0.138. The lowest BCUT2D eigenvalue weighted by Gasteiger charge is -2.25. The van der Waals surface area contributed by atoms with Crippen molar-refractivity contribution in [2.24, 2.45) is 4.99 Å². The molecule has 1 aliphatic rings. The summed E-state index contributed by atoms with van der Waals surface area (Å²) in [5.74, 6) is 2.38. The molecule has 0 amide bonds. The molecule has 1 aromatic carbocycles. The van der Waals surface area contributed by atoms with Gasteiger partial charge < -0.3 is 10.1 Å². The molecule has 0 saturated carbocycles. The molecule has 1 atom stereocenters. The molecule has 0 radical (unpaired) electrons. The molecule has 0 bridgehead atoms. The molecule has 130 valence electrons. The summed E-state index contributed by atoms with van der Waals surface area (Å²) < 4.78 is 5.13. The van der Waals surface area contributed by atoms with Gasteiger partial charge in [0.25, 0.3) is 0 Å². The maximum absolute atomic E-state index is 12.5. The summed E-state index contributed by atoms with van der Waals surface area (Å²) in [5, 5.41) is 3.75. The number of allylic oxidation sites excluding steroid dienone is 1. The Bertz CT molecular complexity index is 912. The van der Waals surface area contributed by atoms with Crippen molar-refractivity contribution in [3.05, 3.63) is 76.2 Å². The first-order valence-corrected chi connectivity index (χ1v) is 8.31. The number of carbonyl (C=O) groups excluding carboxylic acids is 1. The fourth-order valence-corrected chi connectivity index (χ4v) is 2.77. The molecule has 1 N–H and O–H groups in total. The summed E-state index contributed by atoms with van der Waals surface area (Å²) in [6.07, 6.45) is 6.88. The van der Waals surface area contributed by atoms with Gasteiger partial charge in [-0.15, -0.1) is 6.42 Å². The molecule has 2 aromatic rings. The zero-order valence-corrected chi connectivity index (χ0v) is 14.8. The Hall–Kier alpha value is -3.10. The normalized spacial score (nSPS) is 16.3. The number of rotatable bonds is 4. The third-order valence-electron chi connectivity index (χ3n) is 3.84. The van der Waals surface area contributed by atoms with Crippen molar-refractivity contribution in [2.45, 2.75) is 13.0 Å². The van der Waals surface area contributed by atoms with E-state index >= 15 is 0 Å². The molecule has 0 spiro atoms. The van der Waals surface area contributed by atoms with Gasteiger partial charge >= 0.3 is 5.97 Å². The quantitative estimate of drug-likeness (QED) is 0.667. The van der Waals surface area contributed by atoms with Crippen LogP contribution in [0.1, 0.15) is 24.2 Å². The SMILES string of the molecule is C#CCOC(=O)C1=C(C)NC(c2ccccn2)=NC1c1ccc(Cl)cc1. The van der Waals surface area contributed by atoms with Crippen molar-refractivity contribution < 1.29 is 9.53 Å². The largest absolute Gasteiger partial charge is 0.449 e. The van der Waals surface area contributed by atoms with Crippen LogP contribution in [0.4, 0.5) is 0 Å². The molecule has 1 aromatic heterocycles.